The molecule has 0 fully saturated rings. The summed E-state index contributed by atoms with van der Waals surface area (Å²) < 4.78 is 1.52. The van der Waals surface area contributed by atoms with Gasteiger partial charge in [0.1, 0.15) is 12.4 Å². The van der Waals surface area contributed by atoms with Gasteiger partial charge in [-0.15, -0.1) is 0 Å². The third-order valence-electron chi connectivity index (χ3n) is 4.06. The molecule has 7 heteroatoms. The summed E-state index contributed by atoms with van der Waals surface area (Å²) in [6.45, 7) is 4.54. The molecule has 24 heavy (non-hydrogen) atoms. The van der Waals surface area contributed by atoms with E-state index in [4.69, 9.17) is 0 Å². The van der Waals surface area contributed by atoms with Crippen LogP contribution in [0.5, 0.6) is 11.5 Å². The van der Waals surface area contributed by atoms with E-state index < -0.39 is 11.2 Å². The highest BCUT2D eigenvalue weighted by molar-refractivity contribution is 5.96. The Morgan fingerprint density at radius 1 is 1.08 bits per heavy atom. The number of aromatic hydroxyl groups is 2. The quantitative estimate of drug-likeness (QED) is 0.884. The number of nitrogens with zero attached hydrogens (tertiary/aromatic N) is 3. The molecule has 0 bridgehead atoms. The van der Waals surface area contributed by atoms with E-state index in [0.29, 0.717) is 13.2 Å². The van der Waals surface area contributed by atoms with Crippen molar-refractivity contribution in [2.45, 2.75) is 26.4 Å². The van der Waals surface area contributed by atoms with Crippen molar-refractivity contribution >= 4 is 5.91 Å². The normalized spacial score (nSPS) is 14.2. The number of benzene rings is 1. The molecule has 7 nitrogen and oxygen atoms in total. The van der Waals surface area contributed by atoms with Gasteiger partial charge in [0.05, 0.1) is 6.54 Å². The van der Waals surface area contributed by atoms with Crippen LogP contribution < -0.4 is 10.4 Å². The Hall–Kier alpha value is -2.96. The lowest BCUT2D eigenvalue weighted by Crippen LogP contribution is -2.55. The van der Waals surface area contributed by atoms with E-state index >= 15 is 0 Å². The van der Waals surface area contributed by atoms with Gasteiger partial charge in [-0.05, 0) is 31.5 Å². The molecule has 0 atom stereocenters. The van der Waals surface area contributed by atoms with E-state index in [-0.39, 0.29) is 23.4 Å². The number of hydrogen-bond donors (Lipinski definition) is 2. The number of amides is 1. The Kier molecular flexibility index (Phi) is 3.92. The van der Waals surface area contributed by atoms with E-state index in [9.17, 15) is 19.8 Å². The molecular weight excluding hydrogens is 310 g/mol. The molecule has 0 unspecified atom stereocenters. The van der Waals surface area contributed by atoms with Crippen molar-refractivity contribution in [3.8, 4) is 11.5 Å². The van der Waals surface area contributed by atoms with Gasteiger partial charge in [0, 0.05) is 18.3 Å². The summed E-state index contributed by atoms with van der Waals surface area (Å²) in [6.07, 6.45) is 1.49. The van der Waals surface area contributed by atoms with E-state index in [2.05, 4.69) is 0 Å². The molecule has 3 rings (SSSR count). The van der Waals surface area contributed by atoms with E-state index in [1.54, 1.807) is 29.2 Å². The van der Waals surface area contributed by atoms with Gasteiger partial charge in [0.15, 0.2) is 11.4 Å². The molecule has 0 aliphatic carbocycles. The zero-order valence-electron chi connectivity index (χ0n) is 13.5. The van der Waals surface area contributed by atoms with Crippen LogP contribution in [-0.4, -0.2) is 38.4 Å². The zero-order valence-corrected chi connectivity index (χ0v) is 13.5. The largest absolute Gasteiger partial charge is 0.508 e. The number of carbonyl (C=O) groups is 1. The smallest absolute Gasteiger partial charge is 0.278 e. The number of aromatic nitrogens is 1. The summed E-state index contributed by atoms with van der Waals surface area (Å²) in [4.78, 5) is 25.9. The SMILES string of the molecule is CC(C)N1CN(Cc2ccc(O)cc2)n2ccc(=O)c(O)c2C1=O. The number of phenolic OH excluding ortho intramolecular Hbond substituents is 1. The maximum absolute atomic E-state index is 12.6. The first-order chi connectivity index (χ1) is 11.4. The molecule has 1 aliphatic heterocycles. The number of rotatable bonds is 3. The Balaban J connectivity index is 2.05. The van der Waals surface area contributed by atoms with Crippen molar-refractivity contribution < 1.29 is 15.0 Å². The topological polar surface area (TPSA) is 86.0 Å². The molecule has 1 amide bonds. The number of phenols is 1. The van der Waals surface area contributed by atoms with Crippen molar-refractivity contribution in [3.05, 3.63) is 58.0 Å². The maximum atomic E-state index is 12.6. The summed E-state index contributed by atoms with van der Waals surface area (Å²) in [6, 6.07) is 7.91. The molecule has 1 aromatic heterocycles. The van der Waals surface area contributed by atoms with Gasteiger partial charge >= 0.3 is 0 Å². The van der Waals surface area contributed by atoms with Crippen LogP contribution in [0.3, 0.4) is 0 Å². The summed E-state index contributed by atoms with van der Waals surface area (Å²) in [5, 5.41) is 21.3. The van der Waals surface area contributed by atoms with Gasteiger partial charge in [0.2, 0.25) is 5.43 Å². The number of pyridine rings is 1. The average Bonchev–Trinajstić information content (AvgIpc) is 2.54. The number of carbonyl (C=O) groups excluding carboxylic acids is 1. The third kappa shape index (κ3) is 2.68. The highest BCUT2D eigenvalue weighted by Gasteiger charge is 2.33. The first-order valence-electron chi connectivity index (χ1n) is 7.67. The van der Waals surface area contributed by atoms with Crippen LogP contribution in [0.15, 0.2) is 41.3 Å². The zero-order chi connectivity index (χ0) is 17.4. The highest BCUT2D eigenvalue weighted by Crippen LogP contribution is 2.22. The fourth-order valence-electron chi connectivity index (χ4n) is 2.73. The molecule has 2 N–H and O–H groups in total. The highest BCUT2D eigenvalue weighted by atomic mass is 16.3. The fourth-order valence-corrected chi connectivity index (χ4v) is 2.73. The first kappa shape index (κ1) is 15.9. The van der Waals surface area contributed by atoms with Gasteiger partial charge < -0.3 is 15.1 Å². The molecule has 0 saturated carbocycles. The van der Waals surface area contributed by atoms with Gasteiger partial charge in [-0.2, -0.15) is 0 Å². The maximum Gasteiger partial charge on any atom is 0.278 e. The van der Waals surface area contributed by atoms with E-state index in [1.165, 1.54) is 16.9 Å². The van der Waals surface area contributed by atoms with Crippen molar-refractivity contribution in [3.63, 3.8) is 0 Å². The Bertz CT molecular complexity index is 827. The Morgan fingerprint density at radius 2 is 1.75 bits per heavy atom. The molecule has 2 aromatic rings. The second kappa shape index (κ2) is 5.92. The van der Waals surface area contributed by atoms with Crippen molar-refractivity contribution in [2.24, 2.45) is 0 Å². The third-order valence-corrected chi connectivity index (χ3v) is 4.06. The van der Waals surface area contributed by atoms with Crippen molar-refractivity contribution in [2.75, 3.05) is 11.7 Å². The Morgan fingerprint density at radius 3 is 2.38 bits per heavy atom. The van der Waals surface area contributed by atoms with E-state index in [1.807, 2.05) is 18.9 Å². The second-order valence-electron chi connectivity index (χ2n) is 6.06. The fraction of sp³-hybridized carbons (Fsp3) is 0.294. The molecule has 1 aromatic carbocycles. The van der Waals surface area contributed by atoms with Gasteiger partial charge in [-0.25, -0.2) is 0 Å². The predicted molar refractivity (Wildman–Crippen MR) is 88.6 cm³/mol. The summed E-state index contributed by atoms with van der Waals surface area (Å²) >= 11 is 0. The van der Waals surface area contributed by atoms with Crippen LogP contribution in [0.25, 0.3) is 0 Å². The van der Waals surface area contributed by atoms with Crippen molar-refractivity contribution in [1.29, 1.82) is 0 Å². The lowest BCUT2D eigenvalue weighted by atomic mass is 10.2. The number of hydrogen-bond acceptors (Lipinski definition) is 5. The second-order valence-corrected chi connectivity index (χ2v) is 6.06. The van der Waals surface area contributed by atoms with Crippen LogP contribution in [0.4, 0.5) is 0 Å². The standard InChI is InChI=1S/C17H19N3O4/c1-11(2)19-10-18(9-12-3-5-13(21)6-4-12)20-8-7-14(22)16(23)15(20)17(19)24/h3-8,11,21,23H,9-10H2,1-2H3. The van der Waals surface area contributed by atoms with E-state index in [0.717, 1.165) is 5.56 Å². The summed E-state index contributed by atoms with van der Waals surface area (Å²) in [5.74, 6) is -0.733. The molecule has 0 saturated heterocycles. The molecule has 2 heterocycles. The Labute approximate surface area is 139 Å². The summed E-state index contributed by atoms with van der Waals surface area (Å²) in [7, 11) is 0. The molecule has 1 aliphatic rings. The summed E-state index contributed by atoms with van der Waals surface area (Å²) in [5.41, 5.74) is 0.320. The van der Waals surface area contributed by atoms with Gasteiger partial charge in [-0.1, -0.05) is 12.1 Å². The van der Waals surface area contributed by atoms with Crippen LogP contribution in [-0.2, 0) is 6.54 Å². The minimum atomic E-state index is -0.579. The molecule has 0 spiro atoms. The lowest BCUT2D eigenvalue weighted by molar-refractivity contribution is 0.0628. The van der Waals surface area contributed by atoms with Crippen LogP contribution in [0, 0.1) is 0 Å². The van der Waals surface area contributed by atoms with Crippen LogP contribution >= 0.6 is 0 Å². The van der Waals surface area contributed by atoms with Crippen molar-refractivity contribution in [1.82, 2.24) is 9.58 Å². The first-order valence-corrected chi connectivity index (χ1v) is 7.67. The van der Waals surface area contributed by atoms with Crippen LogP contribution in [0.1, 0.15) is 29.9 Å². The minimum absolute atomic E-state index is 0.0266. The number of fused-ring (bicyclic) bond motifs is 1. The molecular formula is C17H19N3O4. The minimum Gasteiger partial charge on any atom is -0.508 e. The van der Waals surface area contributed by atoms with Gasteiger partial charge in [-0.3, -0.25) is 19.3 Å². The monoisotopic (exact) mass is 329 g/mol. The van der Waals surface area contributed by atoms with Crippen LogP contribution in [0.2, 0.25) is 0 Å². The molecule has 0 radical (unpaired) electrons. The molecule has 126 valence electrons. The predicted octanol–water partition coefficient (Wildman–Crippen LogP) is 1.22. The van der Waals surface area contributed by atoms with Gasteiger partial charge in [0.25, 0.3) is 5.91 Å². The average molecular weight is 329 g/mol. The lowest BCUT2D eigenvalue weighted by Gasteiger charge is -2.41.